The van der Waals surface area contributed by atoms with Gasteiger partial charge in [0.05, 0.1) is 10.6 Å². The lowest BCUT2D eigenvalue weighted by atomic mass is 10.0. The summed E-state index contributed by atoms with van der Waals surface area (Å²) < 4.78 is 42.9. The van der Waals surface area contributed by atoms with E-state index in [-0.39, 0.29) is 11.7 Å². The fourth-order valence-corrected chi connectivity index (χ4v) is 2.60. The number of rotatable bonds is 7. The fraction of sp³-hybridized carbons (Fsp3) is 0.300. The third-order valence-electron chi connectivity index (χ3n) is 4.02. The molecule has 0 radical (unpaired) electrons. The minimum absolute atomic E-state index is 0.312. The van der Waals surface area contributed by atoms with Crippen LogP contribution in [0, 0.1) is 5.92 Å². The molecule has 0 aliphatic heterocycles. The highest BCUT2D eigenvalue weighted by Gasteiger charge is 2.32. The fourth-order valence-electron chi connectivity index (χ4n) is 2.39. The first-order valence-corrected chi connectivity index (χ1v) is 9.42. The number of nitrogens with zero attached hydrogens (tertiary/aromatic N) is 1. The zero-order valence-corrected chi connectivity index (χ0v) is 17.3. The Morgan fingerprint density at radius 2 is 1.81 bits per heavy atom. The Labute approximate surface area is 180 Å². The van der Waals surface area contributed by atoms with Gasteiger partial charge in [0.15, 0.2) is 12.4 Å². The van der Waals surface area contributed by atoms with Crippen molar-refractivity contribution in [1.29, 1.82) is 0 Å². The smallest absolute Gasteiger partial charge is 0.417 e. The molecular weight excluding hydrogens is 439 g/mol. The molecule has 7 nitrogen and oxygen atoms in total. The van der Waals surface area contributed by atoms with E-state index >= 15 is 0 Å². The van der Waals surface area contributed by atoms with Crippen LogP contribution >= 0.6 is 11.6 Å². The van der Waals surface area contributed by atoms with Crippen molar-refractivity contribution in [3.63, 3.8) is 0 Å². The minimum atomic E-state index is -4.63. The summed E-state index contributed by atoms with van der Waals surface area (Å²) in [6.45, 7) is 2.62. The zero-order chi connectivity index (χ0) is 23.2. The first kappa shape index (κ1) is 24.1. The Balaban J connectivity index is 1.95. The second-order valence-corrected chi connectivity index (χ2v) is 7.18. The van der Waals surface area contributed by atoms with Gasteiger partial charge in [0.25, 0.3) is 11.8 Å². The molecule has 1 heterocycles. The number of carbonyl (C=O) groups is 3. The average Bonchev–Trinajstić information content (AvgIpc) is 2.71. The molecule has 0 saturated carbocycles. The molecule has 0 fully saturated rings. The zero-order valence-electron chi connectivity index (χ0n) is 16.5. The summed E-state index contributed by atoms with van der Waals surface area (Å²) >= 11 is 5.72. The number of ether oxygens (including phenoxy) is 1. The van der Waals surface area contributed by atoms with Gasteiger partial charge in [0.2, 0.25) is 0 Å². The Bertz CT molecular complexity index is 952. The van der Waals surface area contributed by atoms with E-state index in [0.717, 1.165) is 0 Å². The van der Waals surface area contributed by atoms with Crippen LogP contribution in [-0.2, 0) is 20.5 Å². The number of nitrogens with one attached hydrogen (secondary N) is 2. The minimum Gasteiger partial charge on any atom is -0.454 e. The van der Waals surface area contributed by atoms with Crippen molar-refractivity contribution < 1.29 is 32.3 Å². The summed E-state index contributed by atoms with van der Waals surface area (Å²) in [6.07, 6.45) is -4.12. The monoisotopic (exact) mass is 457 g/mol. The Morgan fingerprint density at radius 1 is 1.16 bits per heavy atom. The molecule has 1 unspecified atom stereocenters. The van der Waals surface area contributed by atoms with Gasteiger partial charge < -0.3 is 15.4 Å². The van der Waals surface area contributed by atoms with Gasteiger partial charge in [-0.2, -0.15) is 13.2 Å². The number of anilines is 1. The van der Waals surface area contributed by atoms with Gasteiger partial charge in [0.1, 0.15) is 6.04 Å². The van der Waals surface area contributed by atoms with Crippen molar-refractivity contribution in [2.75, 3.05) is 11.9 Å². The maximum atomic E-state index is 12.6. The second-order valence-electron chi connectivity index (χ2n) is 6.77. The van der Waals surface area contributed by atoms with Crippen LogP contribution < -0.4 is 10.6 Å². The summed E-state index contributed by atoms with van der Waals surface area (Å²) in [4.78, 5) is 40.1. The first-order chi connectivity index (χ1) is 14.5. The van der Waals surface area contributed by atoms with E-state index < -0.39 is 47.2 Å². The number of aromatic nitrogens is 1. The van der Waals surface area contributed by atoms with Crippen molar-refractivity contribution in [3.8, 4) is 0 Å². The second kappa shape index (κ2) is 10.3. The number of alkyl halides is 3. The van der Waals surface area contributed by atoms with Gasteiger partial charge in [0, 0.05) is 11.8 Å². The van der Waals surface area contributed by atoms with Gasteiger partial charge in [-0.05, 0) is 24.1 Å². The summed E-state index contributed by atoms with van der Waals surface area (Å²) in [7, 11) is 0. The van der Waals surface area contributed by atoms with Crippen molar-refractivity contribution in [2.24, 2.45) is 5.92 Å². The number of amides is 2. The van der Waals surface area contributed by atoms with Crippen LogP contribution in [-0.4, -0.2) is 35.4 Å². The van der Waals surface area contributed by atoms with Crippen LogP contribution in [0.2, 0.25) is 5.02 Å². The molecule has 1 aromatic heterocycles. The lowest BCUT2D eigenvalue weighted by Crippen LogP contribution is -2.45. The molecule has 1 atom stereocenters. The molecule has 1 aromatic carbocycles. The van der Waals surface area contributed by atoms with Crippen LogP contribution in [0.4, 0.5) is 19.0 Å². The molecule has 0 aliphatic carbocycles. The summed E-state index contributed by atoms with van der Waals surface area (Å²) in [5.41, 5.74) is -0.724. The van der Waals surface area contributed by atoms with Gasteiger partial charge in [-0.3, -0.25) is 9.59 Å². The highest BCUT2D eigenvalue weighted by molar-refractivity contribution is 6.33. The number of pyridine rings is 1. The van der Waals surface area contributed by atoms with E-state index in [1.807, 2.05) is 0 Å². The number of hydrogen-bond donors (Lipinski definition) is 2. The first-order valence-electron chi connectivity index (χ1n) is 9.04. The van der Waals surface area contributed by atoms with E-state index in [9.17, 15) is 27.6 Å². The number of halogens is 4. The number of carbonyl (C=O) groups excluding carboxylic acids is 3. The van der Waals surface area contributed by atoms with Gasteiger partial charge in [-0.1, -0.05) is 43.6 Å². The molecule has 2 rings (SSSR count). The third kappa shape index (κ3) is 6.95. The summed E-state index contributed by atoms with van der Waals surface area (Å²) in [5, 5.41) is 4.29. The SMILES string of the molecule is CC(C)C(NC(=O)c1ccccc1)C(=O)OCC(=O)Nc1ncc(C(F)(F)F)cc1Cl. The van der Waals surface area contributed by atoms with Crippen LogP contribution in [0.5, 0.6) is 0 Å². The topological polar surface area (TPSA) is 97.4 Å². The average molecular weight is 458 g/mol. The van der Waals surface area contributed by atoms with Crippen molar-refractivity contribution >= 4 is 35.2 Å². The molecule has 166 valence electrons. The van der Waals surface area contributed by atoms with E-state index in [1.54, 1.807) is 44.2 Å². The van der Waals surface area contributed by atoms with Gasteiger partial charge in [-0.15, -0.1) is 0 Å². The molecule has 0 saturated heterocycles. The third-order valence-corrected chi connectivity index (χ3v) is 4.30. The Kier molecular flexibility index (Phi) is 7.98. The van der Waals surface area contributed by atoms with Crippen molar-refractivity contribution in [3.05, 3.63) is 58.7 Å². The Hall–Kier alpha value is -3.14. The Morgan fingerprint density at radius 3 is 2.35 bits per heavy atom. The van der Waals surface area contributed by atoms with E-state index in [1.165, 1.54) is 0 Å². The highest BCUT2D eigenvalue weighted by atomic mass is 35.5. The van der Waals surface area contributed by atoms with E-state index in [0.29, 0.717) is 17.8 Å². The molecule has 0 aliphatic rings. The van der Waals surface area contributed by atoms with E-state index in [2.05, 4.69) is 15.6 Å². The van der Waals surface area contributed by atoms with Crippen LogP contribution in [0.1, 0.15) is 29.8 Å². The van der Waals surface area contributed by atoms with Gasteiger partial charge >= 0.3 is 12.1 Å². The molecule has 0 bridgehead atoms. The van der Waals surface area contributed by atoms with Crippen LogP contribution in [0.3, 0.4) is 0 Å². The highest BCUT2D eigenvalue weighted by Crippen LogP contribution is 2.32. The number of esters is 1. The quantitative estimate of drug-likeness (QED) is 0.618. The van der Waals surface area contributed by atoms with Crippen LogP contribution in [0.15, 0.2) is 42.6 Å². The summed E-state index contributed by atoms with van der Waals surface area (Å²) in [6, 6.07) is 7.82. The molecule has 31 heavy (non-hydrogen) atoms. The van der Waals surface area contributed by atoms with Crippen molar-refractivity contribution in [1.82, 2.24) is 10.3 Å². The lowest BCUT2D eigenvalue weighted by Gasteiger charge is -2.20. The normalized spacial score (nSPS) is 12.2. The molecule has 2 aromatic rings. The lowest BCUT2D eigenvalue weighted by molar-refractivity contribution is -0.150. The molecule has 0 spiro atoms. The van der Waals surface area contributed by atoms with E-state index in [4.69, 9.17) is 16.3 Å². The molecule has 11 heteroatoms. The predicted octanol–water partition coefficient (Wildman–Crippen LogP) is 3.69. The standard InChI is InChI=1S/C20H19ClF3N3O4/c1-11(2)16(27-18(29)12-6-4-3-5-7-12)19(30)31-10-15(28)26-17-14(21)8-13(9-25-17)20(22,23)24/h3-9,11,16H,10H2,1-2H3,(H,27,29)(H,25,26,28). The summed E-state index contributed by atoms with van der Waals surface area (Å²) in [5.74, 6) is -2.84. The maximum absolute atomic E-state index is 12.6. The maximum Gasteiger partial charge on any atom is 0.417 e. The van der Waals surface area contributed by atoms with Gasteiger partial charge in [-0.25, -0.2) is 9.78 Å². The predicted molar refractivity (Wildman–Crippen MR) is 106 cm³/mol. The van der Waals surface area contributed by atoms with Crippen LogP contribution in [0.25, 0.3) is 0 Å². The number of benzene rings is 1. The number of hydrogen-bond acceptors (Lipinski definition) is 5. The largest absolute Gasteiger partial charge is 0.454 e. The molecular formula is C20H19ClF3N3O4. The molecule has 2 N–H and O–H groups in total. The van der Waals surface area contributed by atoms with Crippen molar-refractivity contribution in [2.45, 2.75) is 26.1 Å². The molecule has 2 amide bonds.